The molecule has 0 aromatic heterocycles. The van der Waals surface area contributed by atoms with Gasteiger partial charge in [0.15, 0.2) is 0 Å². The Hall–Kier alpha value is -3.12. The van der Waals surface area contributed by atoms with Gasteiger partial charge in [0.05, 0.1) is 17.2 Å². The molecule has 0 bridgehead atoms. The summed E-state index contributed by atoms with van der Waals surface area (Å²) in [5.41, 5.74) is 7.70. The molecule has 3 N–H and O–H groups in total. The van der Waals surface area contributed by atoms with Crippen molar-refractivity contribution < 1.29 is 13.9 Å². The Morgan fingerprint density at radius 3 is 2.85 bits per heavy atom. The Morgan fingerprint density at radius 1 is 1.33 bits per heavy atom. The summed E-state index contributed by atoms with van der Waals surface area (Å²) < 4.78 is 19.2. The van der Waals surface area contributed by atoms with Gasteiger partial charge in [-0.2, -0.15) is 0 Å². The molecule has 0 radical (unpaired) electrons. The Balaban J connectivity index is 1.73. The lowest BCUT2D eigenvalue weighted by molar-refractivity contribution is 0.0961. The quantitative estimate of drug-likeness (QED) is 0.771. The highest BCUT2D eigenvalue weighted by molar-refractivity contribution is 6.34. The number of amides is 1. The predicted octanol–water partition coefficient (Wildman–Crippen LogP) is 3.69. The SMILES string of the molecule is C=C(C=N/C(=C\N)NC(=O)c1ccccc1F)c1cc2c(cc1Cl)OCC2. The van der Waals surface area contributed by atoms with Crippen LogP contribution >= 0.6 is 11.6 Å². The van der Waals surface area contributed by atoms with E-state index in [1.807, 2.05) is 6.07 Å². The third-order valence-electron chi connectivity index (χ3n) is 4.00. The van der Waals surface area contributed by atoms with Gasteiger partial charge >= 0.3 is 0 Å². The lowest BCUT2D eigenvalue weighted by atomic mass is 10.0. The molecule has 0 saturated carbocycles. The van der Waals surface area contributed by atoms with Crippen molar-refractivity contribution in [2.75, 3.05) is 6.61 Å². The summed E-state index contributed by atoms with van der Waals surface area (Å²) in [4.78, 5) is 16.3. The van der Waals surface area contributed by atoms with E-state index in [0.717, 1.165) is 23.9 Å². The number of carbonyl (C=O) groups excluding carboxylic acids is 1. The first-order chi connectivity index (χ1) is 13.0. The smallest absolute Gasteiger partial charge is 0.259 e. The third kappa shape index (κ3) is 4.17. The minimum absolute atomic E-state index is 0.0602. The van der Waals surface area contributed by atoms with E-state index in [1.165, 1.54) is 24.4 Å². The Labute approximate surface area is 161 Å². The fraction of sp³-hybridized carbons (Fsp3) is 0.100. The van der Waals surface area contributed by atoms with E-state index in [1.54, 1.807) is 12.1 Å². The molecule has 1 aliphatic rings. The first-order valence-corrected chi connectivity index (χ1v) is 8.53. The molecule has 2 aromatic carbocycles. The van der Waals surface area contributed by atoms with Crippen LogP contribution in [0.4, 0.5) is 4.39 Å². The molecule has 0 spiro atoms. The maximum absolute atomic E-state index is 13.7. The Morgan fingerprint density at radius 2 is 2.11 bits per heavy atom. The molecule has 1 heterocycles. The number of nitrogens with one attached hydrogen (secondary N) is 1. The fourth-order valence-electron chi connectivity index (χ4n) is 2.61. The lowest BCUT2D eigenvalue weighted by Gasteiger charge is -2.08. The van der Waals surface area contributed by atoms with Crippen molar-refractivity contribution >= 4 is 29.3 Å². The van der Waals surface area contributed by atoms with Crippen molar-refractivity contribution in [3.8, 4) is 5.75 Å². The number of aliphatic imine (C=N–C) groups is 1. The minimum Gasteiger partial charge on any atom is -0.493 e. The molecule has 7 heteroatoms. The van der Waals surface area contributed by atoms with Crippen molar-refractivity contribution in [2.24, 2.45) is 10.7 Å². The van der Waals surface area contributed by atoms with E-state index >= 15 is 0 Å². The number of hydrogen-bond acceptors (Lipinski definition) is 4. The number of carbonyl (C=O) groups is 1. The molecule has 1 aliphatic heterocycles. The largest absolute Gasteiger partial charge is 0.493 e. The zero-order valence-corrected chi connectivity index (χ0v) is 15.1. The molecule has 0 atom stereocenters. The molecule has 5 nitrogen and oxygen atoms in total. The molecular formula is C20H17ClFN3O2. The highest BCUT2D eigenvalue weighted by Gasteiger charge is 2.16. The second kappa shape index (κ2) is 8.05. The average Bonchev–Trinajstić information content (AvgIpc) is 3.11. The van der Waals surface area contributed by atoms with Crippen LogP contribution < -0.4 is 15.8 Å². The van der Waals surface area contributed by atoms with Gasteiger partial charge in [-0.15, -0.1) is 0 Å². The molecule has 138 valence electrons. The van der Waals surface area contributed by atoms with E-state index in [2.05, 4.69) is 16.9 Å². The molecule has 0 aliphatic carbocycles. The summed E-state index contributed by atoms with van der Waals surface area (Å²) in [5.74, 6) is -0.453. The number of fused-ring (bicyclic) bond motifs is 1. The molecule has 3 rings (SSSR count). The van der Waals surface area contributed by atoms with Gasteiger partial charge in [0, 0.05) is 24.4 Å². The van der Waals surface area contributed by atoms with Crippen molar-refractivity contribution in [1.82, 2.24) is 5.32 Å². The molecule has 0 fully saturated rings. The van der Waals surface area contributed by atoms with Crippen LogP contribution in [0, 0.1) is 5.82 Å². The summed E-state index contributed by atoms with van der Waals surface area (Å²) in [7, 11) is 0. The van der Waals surface area contributed by atoms with Crippen LogP contribution in [0.3, 0.4) is 0 Å². The summed E-state index contributed by atoms with van der Waals surface area (Å²) in [6, 6.07) is 9.29. The Bertz CT molecular complexity index is 970. The number of benzene rings is 2. The maximum atomic E-state index is 13.7. The van der Waals surface area contributed by atoms with Gasteiger partial charge < -0.3 is 15.8 Å². The van der Waals surface area contributed by atoms with Crippen molar-refractivity contribution in [3.05, 3.63) is 82.5 Å². The van der Waals surface area contributed by atoms with Crippen molar-refractivity contribution in [2.45, 2.75) is 6.42 Å². The highest BCUT2D eigenvalue weighted by atomic mass is 35.5. The van der Waals surface area contributed by atoms with Gasteiger partial charge in [0.2, 0.25) is 0 Å². The van der Waals surface area contributed by atoms with Crippen LogP contribution in [-0.4, -0.2) is 18.7 Å². The first kappa shape index (κ1) is 18.7. The summed E-state index contributed by atoms with van der Waals surface area (Å²) in [6.45, 7) is 4.58. The van der Waals surface area contributed by atoms with Gasteiger partial charge in [0.1, 0.15) is 17.4 Å². The van der Waals surface area contributed by atoms with Gasteiger partial charge in [-0.1, -0.05) is 30.3 Å². The minimum atomic E-state index is -0.653. The lowest BCUT2D eigenvalue weighted by Crippen LogP contribution is -2.23. The zero-order chi connectivity index (χ0) is 19.4. The molecule has 1 amide bonds. The molecule has 2 aromatic rings. The topological polar surface area (TPSA) is 76.7 Å². The average molecular weight is 386 g/mol. The number of halogens is 2. The van der Waals surface area contributed by atoms with Crippen molar-refractivity contribution in [1.29, 1.82) is 0 Å². The van der Waals surface area contributed by atoms with Crippen LogP contribution in [0.5, 0.6) is 5.75 Å². The predicted molar refractivity (Wildman–Crippen MR) is 104 cm³/mol. The number of nitrogens with two attached hydrogens (primary N) is 1. The monoisotopic (exact) mass is 385 g/mol. The van der Waals surface area contributed by atoms with E-state index in [-0.39, 0.29) is 11.4 Å². The van der Waals surface area contributed by atoms with Crippen LogP contribution in [0.2, 0.25) is 5.02 Å². The molecule has 0 unspecified atom stereocenters. The summed E-state index contributed by atoms with van der Waals surface area (Å²) in [5, 5.41) is 2.94. The third-order valence-corrected chi connectivity index (χ3v) is 4.32. The standard InChI is InChI=1S/C20H17ClFN3O2/c1-12(15-8-13-6-7-27-18(13)9-16(15)21)11-24-19(10-23)25-20(26)14-4-2-3-5-17(14)22/h2-5,8-11H,1,6-7,23H2,(H,25,26)/b19-10+,24-11?. The highest BCUT2D eigenvalue weighted by Crippen LogP contribution is 2.33. The zero-order valence-electron chi connectivity index (χ0n) is 14.3. The van der Waals surface area contributed by atoms with Crippen molar-refractivity contribution in [3.63, 3.8) is 0 Å². The molecule has 0 saturated heterocycles. The number of ether oxygens (including phenoxy) is 1. The van der Waals surface area contributed by atoms with Gasteiger partial charge in [-0.05, 0) is 35.4 Å². The van der Waals surface area contributed by atoms with Gasteiger partial charge in [0.25, 0.3) is 5.91 Å². The maximum Gasteiger partial charge on any atom is 0.259 e. The molecule has 27 heavy (non-hydrogen) atoms. The van der Waals surface area contributed by atoms with Crippen LogP contribution in [0.25, 0.3) is 5.57 Å². The van der Waals surface area contributed by atoms with Crippen LogP contribution in [0.1, 0.15) is 21.5 Å². The molecular weight excluding hydrogens is 369 g/mol. The van der Waals surface area contributed by atoms with E-state index in [0.29, 0.717) is 22.8 Å². The Kier molecular flexibility index (Phi) is 5.57. The summed E-state index contributed by atoms with van der Waals surface area (Å²) >= 11 is 6.28. The number of nitrogens with zero attached hydrogens (tertiary/aromatic N) is 1. The van der Waals surface area contributed by atoms with Crippen LogP contribution in [0.15, 0.2) is 60.0 Å². The van der Waals surface area contributed by atoms with E-state index < -0.39 is 11.7 Å². The van der Waals surface area contributed by atoms with Crippen LogP contribution in [-0.2, 0) is 6.42 Å². The number of rotatable bonds is 5. The van der Waals surface area contributed by atoms with Gasteiger partial charge in [-0.25, -0.2) is 9.38 Å². The number of allylic oxidation sites excluding steroid dienone is 1. The fourth-order valence-corrected chi connectivity index (χ4v) is 2.88. The summed E-state index contributed by atoms with van der Waals surface area (Å²) in [6.07, 6.45) is 3.35. The number of hydrogen-bond donors (Lipinski definition) is 2. The first-order valence-electron chi connectivity index (χ1n) is 8.16. The van der Waals surface area contributed by atoms with Gasteiger partial charge in [-0.3, -0.25) is 4.79 Å². The second-order valence-electron chi connectivity index (χ2n) is 5.81. The van der Waals surface area contributed by atoms with E-state index in [9.17, 15) is 9.18 Å². The van der Waals surface area contributed by atoms with E-state index in [4.69, 9.17) is 22.1 Å². The normalized spacial score (nSPS) is 13.3. The second-order valence-corrected chi connectivity index (χ2v) is 6.21.